The maximum Gasteiger partial charge on any atom is 0.287 e. The highest BCUT2D eigenvalue weighted by Crippen LogP contribution is 2.07. The molecule has 0 aliphatic carbocycles. The minimum Gasteiger partial charge on any atom is -0.459 e. The molecule has 1 aromatic heterocycles. The Bertz CT molecular complexity index is 464. The average molecular weight is 246 g/mol. The van der Waals surface area contributed by atoms with E-state index in [0.717, 1.165) is 5.56 Å². The quantitative estimate of drug-likeness (QED) is 0.713. The highest BCUT2D eigenvalue weighted by molar-refractivity contribution is 7.89. The van der Waals surface area contributed by atoms with Crippen molar-refractivity contribution in [2.24, 2.45) is 5.14 Å². The predicted octanol–water partition coefficient (Wildman–Crippen LogP) is -0.00358. The van der Waals surface area contributed by atoms with Gasteiger partial charge in [0.15, 0.2) is 5.76 Å². The molecule has 3 N–H and O–H groups in total. The van der Waals surface area contributed by atoms with E-state index in [1.165, 1.54) is 6.26 Å². The van der Waals surface area contributed by atoms with Crippen LogP contribution < -0.4 is 10.5 Å². The summed E-state index contributed by atoms with van der Waals surface area (Å²) in [7, 11) is -3.46. The Kier molecular flexibility index (Phi) is 4.08. The van der Waals surface area contributed by atoms with Gasteiger partial charge in [0.1, 0.15) is 0 Å². The van der Waals surface area contributed by atoms with E-state index >= 15 is 0 Å². The van der Waals surface area contributed by atoms with E-state index in [9.17, 15) is 13.2 Å². The van der Waals surface area contributed by atoms with Crippen molar-refractivity contribution in [1.29, 1.82) is 0 Å². The molecule has 7 heteroatoms. The Morgan fingerprint density at radius 3 is 2.75 bits per heavy atom. The molecule has 0 bridgehead atoms. The number of furan rings is 1. The Morgan fingerprint density at radius 2 is 2.25 bits per heavy atom. The number of carbonyl (C=O) groups is 1. The zero-order valence-electron chi connectivity index (χ0n) is 8.89. The largest absolute Gasteiger partial charge is 0.459 e. The van der Waals surface area contributed by atoms with Gasteiger partial charge in [-0.15, -0.1) is 0 Å². The predicted molar refractivity (Wildman–Crippen MR) is 58.4 cm³/mol. The van der Waals surface area contributed by atoms with Crippen LogP contribution in [0.1, 0.15) is 22.5 Å². The first kappa shape index (κ1) is 12.7. The lowest BCUT2D eigenvalue weighted by molar-refractivity contribution is 0.0925. The van der Waals surface area contributed by atoms with Crippen LogP contribution in [-0.2, 0) is 10.0 Å². The molecular formula is C9H14N2O4S. The number of nitrogens with one attached hydrogen (secondary N) is 1. The highest BCUT2D eigenvalue weighted by Gasteiger charge is 2.11. The van der Waals surface area contributed by atoms with Crippen molar-refractivity contribution in [3.63, 3.8) is 0 Å². The van der Waals surface area contributed by atoms with Crippen LogP contribution in [0.4, 0.5) is 0 Å². The summed E-state index contributed by atoms with van der Waals surface area (Å²) in [5, 5.41) is 7.36. The van der Waals surface area contributed by atoms with Crippen LogP contribution in [0.5, 0.6) is 0 Å². The second-order valence-electron chi connectivity index (χ2n) is 3.41. The van der Waals surface area contributed by atoms with Gasteiger partial charge in [0.2, 0.25) is 10.0 Å². The zero-order valence-corrected chi connectivity index (χ0v) is 9.71. The molecule has 6 nitrogen and oxygen atoms in total. The lowest BCUT2D eigenvalue weighted by atomic mass is 10.2. The van der Waals surface area contributed by atoms with Crippen LogP contribution in [0.25, 0.3) is 0 Å². The molecule has 0 spiro atoms. The monoisotopic (exact) mass is 246 g/mol. The van der Waals surface area contributed by atoms with Crippen molar-refractivity contribution >= 4 is 15.9 Å². The number of hydrogen-bond donors (Lipinski definition) is 2. The molecule has 0 unspecified atom stereocenters. The third kappa shape index (κ3) is 4.03. The summed E-state index contributed by atoms with van der Waals surface area (Å²) in [4.78, 5) is 11.5. The van der Waals surface area contributed by atoms with Crippen molar-refractivity contribution in [2.45, 2.75) is 13.3 Å². The van der Waals surface area contributed by atoms with Gasteiger partial charge in [-0.3, -0.25) is 4.79 Å². The van der Waals surface area contributed by atoms with Crippen LogP contribution in [-0.4, -0.2) is 26.6 Å². The number of hydrogen-bond acceptors (Lipinski definition) is 4. The minimum absolute atomic E-state index is 0.148. The van der Waals surface area contributed by atoms with E-state index in [4.69, 9.17) is 9.56 Å². The van der Waals surface area contributed by atoms with E-state index in [-0.39, 0.29) is 30.4 Å². The molecule has 1 aromatic rings. The molecule has 0 radical (unpaired) electrons. The first-order chi connectivity index (χ1) is 7.40. The lowest BCUT2D eigenvalue weighted by Gasteiger charge is -2.02. The molecule has 1 amide bonds. The van der Waals surface area contributed by atoms with Gasteiger partial charge in [0, 0.05) is 12.1 Å². The molecule has 0 aliphatic rings. The van der Waals surface area contributed by atoms with Gasteiger partial charge in [-0.1, -0.05) is 0 Å². The first-order valence-corrected chi connectivity index (χ1v) is 6.44. The van der Waals surface area contributed by atoms with Crippen molar-refractivity contribution in [2.75, 3.05) is 12.3 Å². The number of nitrogens with two attached hydrogens (primary N) is 1. The topological polar surface area (TPSA) is 102 Å². The van der Waals surface area contributed by atoms with Crippen LogP contribution in [0.2, 0.25) is 0 Å². The van der Waals surface area contributed by atoms with E-state index in [0.29, 0.717) is 0 Å². The summed E-state index contributed by atoms with van der Waals surface area (Å²) in [5.74, 6) is -0.253. The zero-order chi connectivity index (χ0) is 12.2. The molecule has 0 saturated carbocycles. The minimum atomic E-state index is -3.46. The number of carbonyl (C=O) groups excluding carboxylic acids is 1. The van der Waals surface area contributed by atoms with Gasteiger partial charge in [-0.25, -0.2) is 13.6 Å². The fraction of sp³-hybridized carbons (Fsp3) is 0.444. The normalized spacial score (nSPS) is 11.4. The van der Waals surface area contributed by atoms with Crippen molar-refractivity contribution in [3.05, 3.63) is 23.7 Å². The first-order valence-electron chi connectivity index (χ1n) is 4.73. The van der Waals surface area contributed by atoms with Crippen molar-refractivity contribution < 1.29 is 17.6 Å². The maximum absolute atomic E-state index is 11.5. The van der Waals surface area contributed by atoms with Gasteiger partial charge in [-0.05, 0) is 19.4 Å². The summed E-state index contributed by atoms with van der Waals surface area (Å²) in [6.07, 6.45) is 1.71. The second-order valence-corrected chi connectivity index (χ2v) is 5.14. The SMILES string of the molecule is Cc1ccoc1C(=O)NCCCS(N)(=O)=O. The molecule has 16 heavy (non-hydrogen) atoms. The molecule has 0 aliphatic heterocycles. The smallest absolute Gasteiger partial charge is 0.287 e. The Balaban J connectivity index is 2.35. The molecule has 1 heterocycles. The summed E-state index contributed by atoms with van der Waals surface area (Å²) in [5.41, 5.74) is 0.740. The van der Waals surface area contributed by atoms with Crippen LogP contribution in [0.15, 0.2) is 16.7 Å². The average Bonchev–Trinajstić information content (AvgIpc) is 2.57. The van der Waals surface area contributed by atoms with Gasteiger partial charge in [0.25, 0.3) is 5.91 Å². The molecule has 0 fully saturated rings. The third-order valence-corrected chi connectivity index (χ3v) is 2.82. The number of aryl methyl sites for hydroxylation is 1. The van der Waals surface area contributed by atoms with E-state index in [1.54, 1.807) is 13.0 Å². The summed E-state index contributed by atoms with van der Waals surface area (Å²) in [6.45, 7) is 2.00. The number of primary sulfonamides is 1. The van der Waals surface area contributed by atoms with Gasteiger partial charge < -0.3 is 9.73 Å². The molecule has 1 rings (SSSR count). The number of rotatable bonds is 5. The van der Waals surface area contributed by atoms with Crippen molar-refractivity contribution in [1.82, 2.24) is 5.32 Å². The van der Waals surface area contributed by atoms with Crippen LogP contribution >= 0.6 is 0 Å². The summed E-state index contributed by atoms with van der Waals surface area (Å²) < 4.78 is 26.2. The molecule has 0 aromatic carbocycles. The maximum atomic E-state index is 11.5. The van der Waals surface area contributed by atoms with E-state index < -0.39 is 10.0 Å². The van der Waals surface area contributed by atoms with Gasteiger partial charge in [-0.2, -0.15) is 0 Å². The van der Waals surface area contributed by atoms with Gasteiger partial charge in [0.05, 0.1) is 12.0 Å². The van der Waals surface area contributed by atoms with Gasteiger partial charge >= 0.3 is 0 Å². The molecular weight excluding hydrogens is 232 g/mol. The second kappa shape index (κ2) is 5.13. The Morgan fingerprint density at radius 1 is 1.56 bits per heavy atom. The van der Waals surface area contributed by atoms with E-state index in [2.05, 4.69) is 5.32 Å². The van der Waals surface area contributed by atoms with Crippen molar-refractivity contribution in [3.8, 4) is 0 Å². The molecule has 90 valence electrons. The van der Waals surface area contributed by atoms with E-state index in [1.807, 2.05) is 0 Å². The number of amides is 1. The summed E-state index contributed by atoms with van der Waals surface area (Å²) in [6, 6.07) is 1.68. The lowest BCUT2D eigenvalue weighted by Crippen LogP contribution is -2.27. The Labute approximate surface area is 93.9 Å². The standard InChI is InChI=1S/C9H14N2O4S/c1-7-3-5-15-8(7)9(12)11-4-2-6-16(10,13)14/h3,5H,2,4,6H2,1H3,(H,11,12)(H2,10,13,14). The highest BCUT2D eigenvalue weighted by atomic mass is 32.2. The fourth-order valence-corrected chi connectivity index (χ4v) is 1.71. The Hall–Kier alpha value is -1.34. The summed E-state index contributed by atoms with van der Waals surface area (Å²) >= 11 is 0. The third-order valence-electron chi connectivity index (χ3n) is 1.96. The molecule has 0 saturated heterocycles. The number of sulfonamides is 1. The molecule has 0 atom stereocenters. The van der Waals surface area contributed by atoms with Crippen LogP contribution in [0, 0.1) is 6.92 Å². The fourth-order valence-electron chi connectivity index (χ4n) is 1.16. The van der Waals surface area contributed by atoms with Crippen LogP contribution in [0.3, 0.4) is 0 Å².